The molecular weight excluding hydrogens is 276 g/mol. The van der Waals surface area contributed by atoms with Crippen molar-refractivity contribution < 1.29 is 4.74 Å². The van der Waals surface area contributed by atoms with Crippen LogP contribution in [0.15, 0.2) is 35.3 Å². The third-order valence-corrected chi connectivity index (χ3v) is 4.04. The number of rotatable bonds is 8. The Morgan fingerprint density at radius 2 is 2.23 bits per heavy atom. The largest absolute Gasteiger partial charge is 0.375 e. The summed E-state index contributed by atoms with van der Waals surface area (Å²) in [5.74, 6) is 0.520. The summed E-state index contributed by atoms with van der Waals surface area (Å²) in [4.78, 5) is 6.92. The quantitative estimate of drug-likeness (QED) is 0.435. The molecule has 1 atom stereocenters. The van der Waals surface area contributed by atoms with Crippen LogP contribution in [0.1, 0.15) is 25.3 Å². The number of aliphatic imine (C=N–C) groups is 1. The number of nitrogens with one attached hydrogen (secondary N) is 1. The monoisotopic (exact) mass is 304 g/mol. The standard InChI is InChI=1S/C17H28N4O/c1-2-21-11-6-9-16(21)13-20-17(18)19-10-12-22-14-15-7-4-3-5-8-15/h3-5,7-8,16H,2,6,9-14H2,1H3,(H3,18,19,20). The van der Waals surface area contributed by atoms with Crippen molar-refractivity contribution in [1.29, 1.82) is 0 Å². The Balaban J connectivity index is 1.57. The number of nitrogens with two attached hydrogens (primary N) is 1. The average molecular weight is 304 g/mol. The van der Waals surface area contributed by atoms with E-state index in [4.69, 9.17) is 10.5 Å². The number of ether oxygens (including phenoxy) is 1. The van der Waals surface area contributed by atoms with Crippen LogP contribution in [-0.2, 0) is 11.3 Å². The molecule has 1 heterocycles. The van der Waals surface area contributed by atoms with Gasteiger partial charge in [-0.1, -0.05) is 37.3 Å². The molecule has 0 amide bonds. The number of benzene rings is 1. The molecule has 0 aliphatic carbocycles. The van der Waals surface area contributed by atoms with Crippen molar-refractivity contribution in [2.75, 3.05) is 32.8 Å². The fourth-order valence-electron chi connectivity index (χ4n) is 2.79. The Kier molecular flexibility index (Phi) is 7.19. The van der Waals surface area contributed by atoms with Gasteiger partial charge in [0, 0.05) is 12.6 Å². The number of nitrogens with zero attached hydrogens (tertiary/aromatic N) is 2. The van der Waals surface area contributed by atoms with E-state index in [0.29, 0.717) is 31.8 Å². The van der Waals surface area contributed by atoms with Crippen LogP contribution in [0.2, 0.25) is 0 Å². The van der Waals surface area contributed by atoms with Gasteiger partial charge >= 0.3 is 0 Å². The zero-order valence-corrected chi connectivity index (χ0v) is 13.5. The number of hydrogen-bond acceptors (Lipinski definition) is 3. The third kappa shape index (κ3) is 5.66. The van der Waals surface area contributed by atoms with E-state index in [9.17, 15) is 0 Å². The molecule has 5 nitrogen and oxygen atoms in total. The molecule has 3 N–H and O–H groups in total. The molecule has 0 radical (unpaired) electrons. The van der Waals surface area contributed by atoms with Crippen LogP contribution in [0.3, 0.4) is 0 Å². The molecule has 1 unspecified atom stereocenters. The van der Waals surface area contributed by atoms with Gasteiger partial charge in [-0.15, -0.1) is 0 Å². The van der Waals surface area contributed by atoms with E-state index in [2.05, 4.69) is 34.3 Å². The average Bonchev–Trinajstić information content (AvgIpc) is 3.01. The van der Waals surface area contributed by atoms with Gasteiger partial charge in [-0.3, -0.25) is 9.89 Å². The highest BCUT2D eigenvalue weighted by Gasteiger charge is 2.22. The maximum absolute atomic E-state index is 5.90. The zero-order valence-electron chi connectivity index (χ0n) is 13.5. The van der Waals surface area contributed by atoms with Gasteiger partial charge in [-0.05, 0) is 31.5 Å². The lowest BCUT2D eigenvalue weighted by Gasteiger charge is -2.20. The highest BCUT2D eigenvalue weighted by Crippen LogP contribution is 2.16. The first-order valence-electron chi connectivity index (χ1n) is 8.19. The van der Waals surface area contributed by atoms with E-state index >= 15 is 0 Å². The van der Waals surface area contributed by atoms with E-state index in [-0.39, 0.29) is 0 Å². The van der Waals surface area contributed by atoms with Gasteiger partial charge < -0.3 is 15.8 Å². The zero-order chi connectivity index (χ0) is 15.6. The molecule has 1 aromatic carbocycles. The van der Waals surface area contributed by atoms with Crippen LogP contribution >= 0.6 is 0 Å². The van der Waals surface area contributed by atoms with Gasteiger partial charge in [-0.2, -0.15) is 0 Å². The van der Waals surface area contributed by atoms with E-state index in [1.54, 1.807) is 0 Å². The van der Waals surface area contributed by atoms with Gasteiger partial charge in [0.05, 0.1) is 19.8 Å². The first kappa shape index (κ1) is 16.8. The van der Waals surface area contributed by atoms with Crippen molar-refractivity contribution in [2.24, 2.45) is 10.7 Å². The summed E-state index contributed by atoms with van der Waals surface area (Å²) < 4.78 is 5.60. The SMILES string of the molecule is CCN1CCCC1CN=C(N)NCCOCc1ccccc1. The fourth-order valence-corrected chi connectivity index (χ4v) is 2.79. The summed E-state index contributed by atoms with van der Waals surface area (Å²) in [6.07, 6.45) is 2.50. The van der Waals surface area contributed by atoms with Gasteiger partial charge in [0.2, 0.25) is 0 Å². The summed E-state index contributed by atoms with van der Waals surface area (Å²) in [7, 11) is 0. The Labute approximate surface area is 133 Å². The van der Waals surface area contributed by atoms with Crippen LogP contribution in [0, 0.1) is 0 Å². The molecule has 1 aliphatic rings. The minimum atomic E-state index is 0.520. The van der Waals surface area contributed by atoms with Crippen molar-refractivity contribution >= 4 is 5.96 Å². The summed E-state index contributed by atoms with van der Waals surface area (Å²) >= 11 is 0. The summed E-state index contributed by atoms with van der Waals surface area (Å²) in [5, 5.41) is 3.11. The Morgan fingerprint density at radius 1 is 1.41 bits per heavy atom. The van der Waals surface area contributed by atoms with Gasteiger partial charge in [-0.25, -0.2) is 0 Å². The Morgan fingerprint density at radius 3 is 3.00 bits per heavy atom. The lowest BCUT2D eigenvalue weighted by Crippen LogP contribution is -2.37. The van der Waals surface area contributed by atoms with Gasteiger partial charge in [0.15, 0.2) is 5.96 Å². The number of likely N-dealkylation sites (tertiary alicyclic amines) is 1. The lowest BCUT2D eigenvalue weighted by molar-refractivity contribution is 0.125. The van der Waals surface area contributed by atoms with E-state index in [0.717, 1.165) is 13.1 Å². The molecule has 0 spiro atoms. The predicted octanol–water partition coefficient (Wildman–Crippen LogP) is 1.59. The highest BCUT2D eigenvalue weighted by atomic mass is 16.5. The molecule has 1 aliphatic heterocycles. The molecule has 1 fully saturated rings. The second-order valence-corrected chi connectivity index (χ2v) is 5.62. The first-order chi connectivity index (χ1) is 10.8. The molecule has 0 bridgehead atoms. The molecule has 1 saturated heterocycles. The normalized spacial score (nSPS) is 19.5. The van der Waals surface area contributed by atoms with E-state index in [1.165, 1.54) is 24.9 Å². The van der Waals surface area contributed by atoms with Crippen molar-refractivity contribution in [3.05, 3.63) is 35.9 Å². The van der Waals surface area contributed by atoms with E-state index < -0.39 is 0 Å². The molecular formula is C17H28N4O. The van der Waals surface area contributed by atoms with Crippen LogP contribution in [0.5, 0.6) is 0 Å². The molecule has 2 rings (SSSR count). The second-order valence-electron chi connectivity index (χ2n) is 5.62. The van der Waals surface area contributed by atoms with E-state index in [1.807, 2.05) is 18.2 Å². The van der Waals surface area contributed by atoms with Crippen molar-refractivity contribution in [2.45, 2.75) is 32.4 Å². The molecule has 22 heavy (non-hydrogen) atoms. The Hall–Kier alpha value is -1.59. The maximum atomic E-state index is 5.90. The number of hydrogen-bond donors (Lipinski definition) is 2. The van der Waals surface area contributed by atoms with Crippen molar-refractivity contribution in [1.82, 2.24) is 10.2 Å². The van der Waals surface area contributed by atoms with Crippen LogP contribution in [-0.4, -0.2) is 49.7 Å². The molecule has 1 aromatic rings. The molecule has 122 valence electrons. The topological polar surface area (TPSA) is 62.9 Å². The Bertz CT molecular complexity index is 449. The lowest BCUT2D eigenvalue weighted by atomic mass is 10.2. The highest BCUT2D eigenvalue weighted by molar-refractivity contribution is 5.77. The van der Waals surface area contributed by atoms with Crippen molar-refractivity contribution in [3.63, 3.8) is 0 Å². The van der Waals surface area contributed by atoms with Crippen molar-refractivity contribution in [3.8, 4) is 0 Å². The van der Waals surface area contributed by atoms with Crippen LogP contribution in [0.4, 0.5) is 0 Å². The fraction of sp³-hybridized carbons (Fsp3) is 0.588. The first-order valence-corrected chi connectivity index (χ1v) is 8.19. The minimum absolute atomic E-state index is 0.520. The number of guanidine groups is 1. The minimum Gasteiger partial charge on any atom is -0.375 e. The molecule has 0 aromatic heterocycles. The number of likely N-dealkylation sites (N-methyl/N-ethyl adjacent to an activating group) is 1. The summed E-state index contributed by atoms with van der Waals surface area (Å²) in [5.41, 5.74) is 7.08. The summed E-state index contributed by atoms with van der Waals surface area (Å²) in [6.45, 7) is 7.22. The van der Waals surface area contributed by atoms with Gasteiger partial charge in [0.25, 0.3) is 0 Å². The van der Waals surface area contributed by atoms with Gasteiger partial charge in [0.1, 0.15) is 0 Å². The molecule has 5 heteroatoms. The molecule has 0 saturated carbocycles. The predicted molar refractivity (Wildman–Crippen MR) is 90.9 cm³/mol. The summed E-state index contributed by atoms with van der Waals surface area (Å²) in [6, 6.07) is 10.7. The smallest absolute Gasteiger partial charge is 0.188 e. The van der Waals surface area contributed by atoms with Crippen LogP contribution in [0.25, 0.3) is 0 Å². The van der Waals surface area contributed by atoms with Crippen LogP contribution < -0.4 is 11.1 Å². The third-order valence-electron chi connectivity index (χ3n) is 4.04. The maximum Gasteiger partial charge on any atom is 0.188 e. The second kappa shape index (κ2) is 9.43.